The van der Waals surface area contributed by atoms with Gasteiger partial charge in [0, 0.05) is 19.6 Å². The van der Waals surface area contributed by atoms with E-state index in [0.29, 0.717) is 24.2 Å². The first-order valence-corrected chi connectivity index (χ1v) is 8.49. The van der Waals surface area contributed by atoms with Crippen molar-refractivity contribution >= 4 is 17.5 Å². The van der Waals surface area contributed by atoms with Gasteiger partial charge in [-0.2, -0.15) is 0 Å². The molecule has 5 heteroatoms. The summed E-state index contributed by atoms with van der Waals surface area (Å²) < 4.78 is 5.50. The number of carbonyl (C=O) groups excluding carboxylic acids is 2. The van der Waals surface area contributed by atoms with E-state index in [0.717, 1.165) is 38.7 Å². The van der Waals surface area contributed by atoms with Crippen molar-refractivity contribution < 1.29 is 14.3 Å². The van der Waals surface area contributed by atoms with Gasteiger partial charge in [-0.25, -0.2) is 0 Å². The van der Waals surface area contributed by atoms with E-state index in [1.54, 1.807) is 18.2 Å². The minimum atomic E-state index is -0.176. The fourth-order valence-electron chi connectivity index (χ4n) is 2.65. The molecule has 0 saturated carbocycles. The summed E-state index contributed by atoms with van der Waals surface area (Å²) in [7, 11) is 0. The Morgan fingerprint density at radius 1 is 1.26 bits per heavy atom. The summed E-state index contributed by atoms with van der Waals surface area (Å²) in [5.74, 6) is -0.220. The smallest absolute Gasteiger partial charge is 0.253 e. The van der Waals surface area contributed by atoms with Crippen LogP contribution in [-0.2, 0) is 9.53 Å². The van der Waals surface area contributed by atoms with Gasteiger partial charge in [-0.15, -0.1) is 0 Å². The van der Waals surface area contributed by atoms with Gasteiger partial charge in [0.1, 0.15) is 0 Å². The SMILES string of the molecule is CCCCCC(=O)Nc1ccccc1C(=O)NC[C@H]1CCCO1. The normalized spacial score (nSPS) is 17.0. The van der Waals surface area contributed by atoms with Crippen LogP contribution in [0.5, 0.6) is 0 Å². The Bertz CT molecular complexity index is 525. The molecular formula is C18H26N2O3. The first kappa shape index (κ1) is 17.5. The number of para-hydroxylation sites is 1. The second kappa shape index (κ2) is 9.30. The zero-order chi connectivity index (χ0) is 16.5. The van der Waals surface area contributed by atoms with Crippen molar-refractivity contribution in [2.45, 2.75) is 51.6 Å². The maximum Gasteiger partial charge on any atom is 0.253 e. The number of nitrogens with one attached hydrogen (secondary N) is 2. The molecule has 0 unspecified atom stereocenters. The van der Waals surface area contributed by atoms with Gasteiger partial charge < -0.3 is 15.4 Å². The van der Waals surface area contributed by atoms with E-state index in [-0.39, 0.29) is 17.9 Å². The Balaban J connectivity index is 1.90. The van der Waals surface area contributed by atoms with Crippen molar-refractivity contribution in [3.8, 4) is 0 Å². The van der Waals surface area contributed by atoms with Crippen molar-refractivity contribution in [2.24, 2.45) is 0 Å². The zero-order valence-electron chi connectivity index (χ0n) is 13.8. The van der Waals surface area contributed by atoms with E-state index in [4.69, 9.17) is 4.74 Å². The average molecular weight is 318 g/mol. The molecule has 23 heavy (non-hydrogen) atoms. The fraction of sp³-hybridized carbons (Fsp3) is 0.556. The minimum absolute atomic E-state index is 0.0437. The van der Waals surface area contributed by atoms with Gasteiger partial charge in [-0.3, -0.25) is 9.59 Å². The fourth-order valence-corrected chi connectivity index (χ4v) is 2.65. The average Bonchev–Trinajstić information content (AvgIpc) is 3.07. The number of anilines is 1. The maximum atomic E-state index is 12.3. The lowest BCUT2D eigenvalue weighted by molar-refractivity contribution is -0.116. The molecule has 1 saturated heterocycles. The molecule has 0 spiro atoms. The molecule has 1 aliphatic rings. The number of ether oxygens (including phenoxy) is 1. The van der Waals surface area contributed by atoms with Crippen LogP contribution in [0.2, 0.25) is 0 Å². The number of unbranched alkanes of at least 4 members (excludes halogenated alkanes) is 2. The quantitative estimate of drug-likeness (QED) is 0.724. The molecule has 126 valence electrons. The lowest BCUT2D eigenvalue weighted by Gasteiger charge is -2.13. The van der Waals surface area contributed by atoms with Gasteiger partial charge >= 0.3 is 0 Å². The monoisotopic (exact) mass is 318 g/mol. The van der Waals surface area contributed by atoms with Gasteiger partial charge in [0.2, 0.25) is 5.91 Å². The van der Waals surface area contributed by atoms with Gasteiger partial charge in [0.25, 0.3) is 5.91 Å². The first-order valence-electron chi connectivity index (χ1n) is 8.49. The predicted octanol–water partition coefficient (Wildman–Crippen LogP) is 3.11. The Kier molecular flexibility index (Phi) is 7.07. The third-order valence-corrected chi connectivity index (χ3v) is 3.97. The van der Waals surface area contributed by atoms with Gasteiger partial charge in [-0.05, 0) is 31.4 Å². The highest BCUT2D eigenvalue weighted by Crippen LogP contribution is 2.16. The number of carbonyl (C=O) groups is 2. The lowest BCUT2D eigenvalue weighted by atomic mass is 10.1. The zero-order valence-corrected chi connectivity index (χ0v) is 13.8. The van der Waals surface area contributed by atoms with E-state index in [9.17, 15) is 9.59 Å². The van der Waals surface area contributed by atoms with Crippen LogP contribution in [0.1, 0.15) is 55.8 Å². The summed E-state index contributed by atoms with van der Waals surface area (Å²) in [6.07, 6.45) is 5.61. The lowest BCUT2D eigenvalue weighted by Crippen LogP contribution is -2.32. The number of hydrogen-bond donors (Lipinski definition) is 2. The van der Waals surface area contributed by atoms with Crippen LogP contribution in [0.25, 0.3) is 0 Å². The molecule has 0 aromatic heterocycles. The molecule has 1 aromatic rings. The summed E-state index contributed by atoms with van der Waals surface area (Å²) in [4.78, 5) is 24.3. The standard InChI is InChI=1S/C18H26N2O3/c1-2-3-4-11-17(21)20-16-10-6-5-9-15(16)18(22)19-13-14-8-7-12-23-14/h5-6,9-10,14H,2-4,7-8,11-13H2,1H3,(H,19,22)(H,20,21)/t14-/m1/s1. The third-order valence-electron chi connectivity index (χ3n) is 3.97. The van der Waals surface area contributed by atoms with E-state index in [1.807, 2.05) is 6.07 Å². The topological polar surface area (TPSA) is 67.4 Å². The van der Waals surface area contributed by atoms with Gasteiger partial charge in [0.05, 0.1) is 17.4 Å². The molecule has 1 fully saturated rings. The van der Waals surface area contributed by atoms with Gasteiger partial charge in [-0.1, -0.05) is 31.9 Å². The summed E-state index contributed by atoms with van der Waals surface area (Å²) in [6, 6.07) is 7.11. The summed E-state index contributed by atoms with van der Waals surface area (Å²) >= 11 is 0. The first-order chi connectivity index (χ1) is 11.2. The molecule has 2 rings (SSSR count). The highest BCUT2D eigenvalue weighted by molar-refractivity contribution is 6.03. The second-order valence-electron chi connectivity index (χ2n) is 5.90. The molecule has 1 aliphatic heterocycles. The van der Waals surface area contributed by atoms with Crippen LogP contribution in [0.15, 0.2) is 24.3 Å². The van der Waals surface area contributed by atoms with Crippen molar-refractivity contribution in [1.29, 1.82) is 0 Å². The van der Waals surface area contributed by atoms with Crippen LogP contribution >= 0.6 is 0 Å². The molecule has 1 aromatic carbocycles. The Hall–Kier alpha value is -1.88. The molecular weight excluding hydrogens is 292 g/mol. The molecule has 1 heterocycles. The van der Waals surface area contributed by atoms with Crippen molar-refractivity contribution in [3.63, 3.8) is 0 Å². The number of rotatable bonds is 8. The van der Waals surface area contributed by atoms with Crippen LogP contribution < -0.4 is 10.6 Å². The van der Waals surface area contributed by atoms with Crippen LogP contribution in [0.3, 0.4) is 0 Å². The Morgan fingerprint density at radius 3 is 2.83 bits per heavy atom. The van der Waals surface area contributed by atoms with E-state index in [2.05, 4.69) is 17.6 Å². The van der Waals surface area contributed by atoms with Crippen molar-refractivity contribution in [1.82, 2.24) is 5.32 Å². The number of benzene rings is 1. The highest BCUT2D eigenvalue weighted by atomic mass is 16.5. The van der Waals surface area contributed by atoms with E-state index < -0.39 is 0 Å². The third kappa shape index (κ3) is 5.67. The summed E-state index contributed by atoms with van der Waals surface area (Å²) in [6.45, 7) is 3.38. The maximum absolute atomic E-state index is 12.3. The number of hydrogen-bond acceptors (Lipinski definition) is 3. The highest BCUT2D eigenvalue weighted by Gasteiger charge is 2.18. The van der Waals surface area contributed by atoms with E-state index >= 15 is 0 Å². The Labute approximate surface area is 137 Å². The van der Waals surface area contributed by atoms with E-state index in [1.165, 1.54) is 0 Å². The molecule has 0 bridgehead atoms. The molecule has 0 aliphatic carbocycles. The van der Waals surface area contributed by atoms with Crippen LogP contribution in [-0.4, -0.2) is 31.1 Å². The van der Waals surface area contributed by atoms with Gasteiger partial charge in [0.15, 0.2) is 0 Å². The molecule has 0 radical (unpaired) electrons. The molecule has 2 amide bonds. The predicted molar refractivity (Wildman–Crippen MR) is 90.5 cm³/mol. The Morgan fingerprint density at radius 2 is 2.09 bits per heavy atom. The summed E-state index contributed by atoms with van der Waals surface area (Å²) in [5, 5.41) is 5.74. The number of amides is 2. The van der Waals surface area contributed by atoms with Crippen LogP contribution in [0, 0.1) is 0 Å². The van der Waals surface area contributed by atoms with Crippen LogP contribution in [0.4, 0.5) is 5.69 Å². The van der Waals surface area contributed by atoms with Crippen molar-refractivity contribution in [3.05, 3.63) is 29.8 Å². The van der Waals surface area contributed by atoms with Crippen molar-refractivity contribution in [2.75, 3.05) is 18.5 Å². The largest absolute Gasteiger partial charge is 0.376 e. The molecule has 1 atom stereocenters. The molecule has 5 nitrogen and oxygen atoms in total. The molecule has 2 N–H and O–H groups in total. The minimum Gasteiger partial charge on any atom is -0.376 e. The second-order valence-corrected chi connectivity index (χ2v) is 5.90. The summed E-state index contributed by atoms with van der Waals surface area (Å²) in [5.41, 5.74) is 1.06.